The highest BCUT2D eigenvalue weighted by atomic mass is 31.3. The Balaban J connectivity index is 1.53. The van der Waals surface area contributed by atoms with E-state index >= 15 is 0 Å². The molecule has 0 fully saturated rings. The van der Waals surface area contributed by atoms with Gasteiger partial charge in [-0.2, -0.15) is 0 Å². The number of benzene rings is 6. The second-order valence-corrected chi connectivity index (χ2v) is 18.4. The topological polar surface area (TPSA) is 79.8 Å². The van der Waals surface area contributed by atoms with Gasteiger partial charge in [0.15, 0.2) is 23.0 Å². The van der Waals surface area contributed by atoms with Gasteiger partial charge in [0.1, 0.15) is 11.5 Å². The lowest BCUT2D eigenvalue weighted by Gasteiger charge is -2.22. The first-order valence-electron chi connectivity index (χ1n) is 20.5. The molecule has 0 saturated heterocycles. The van der Waals surface area contributed by atoms with E-state index in [1.165, 1.54) is 33.4 Å². The first-order chi connectivity index (χ1) is 28.8. The maximum Gasteiger partial charge on any atom is 0.715 e. The molecule has 0 heterocycles. The average Bonchev–Trinajstić information content (AvgIpc) is 3.28. The zero-order valence-electron chi connectivity index (χ0n) is 34.8. The maximum absolute atomic E-state index is 7.04. The summed E-state index contributed by atoms with van der Waals surface area (Å²) in [6.45, 7) is 12.7. The molecule has 0 radical (unpaired) electrons. The molecule has 6 aromatic rings. The molecule has 0 spiro atoms. The Bertz CT molecular complexity index is 2050. The van der Waals surface area contributed by atoms with E-state index in [-0.39, 0.29) is 0 Å². The van der Waals surface area contributed by atoms with Crippen LogP contribution in [0.5, 0.6) is 34.5 Å². The molecule has 0 saturated carbocycles. The average molecular weight is 849 g/mol. The first-order valence-corrected chi connectivity index (χ1v) is 24.3. The van der Waals surface area contributed by atoms with Gasteiger partial charge in [0.25, 0.3) is 0 Å². The van der Waals surface area contributed by atoms with Gasteiger partial charge in [-0.1, -0.05) is 114 Å². The molecule has 1 N–H and O–H groups in total. The lowest BCUT2D eigenvalue weighted by Crippen LogP contribution is -2.23. The van der Waals surface area contributed by atoms with Gasteiger partial charge >= 0.3 is 24.7 Å². The molecule has 0 aliphatic heterocycles. The van der Waals surface area contributed by atoms with Crippen molar-refractivity contribution in [3.8, 4) is 34.5 Å². The molecule has 0 atom stereocenters. The zero-order chi connectivity index (χ0) is 41.5. The maximum atomic E-state index is 7.04. The zero-order valence-corrected chi connectivity index (χ0v) is 37.5. The fourth-order valence-electron chi connectivity index (χ4n) is 5.80. The van der Waals surface area contributed by atoms with Crippen LogP contribution >= 0.6 is 24.7 Å². The van der Waals surface area contributed by atoms with E-state index in [4.69, 9.17) is 31.7 Å². The smallest absolute Gasteiger partial charge is 0.425 e. The molecule has 0 amide bonds. The van der Waals surface area contributed by atoms with Crippen LogP contribution in [0.25, 0.3) is 0 Å². The molecular weight excluding hydrogens is 793 g/mol. The van der Waals surface area contributed by atoms with Gasteiger partial charge in [0, 0.05) is 0 Å². The second-order valence-electron chi connectivity index (χ2n) is 13.7. The summed E-state index contributed by atoms with van der Waals surface area (Å²) in [5, 5.41) is 0. The minimum Gasteiger partial charge on any atom is -0.425 e. The molecule has 0 bridgehead atoms. The number of hydrogen-bond donors (Lipinski definition) is 1. The normalized spacial score (nSPS) is 11.2. The van der Waals surface area contributed by atoms with Gasteiger partial charge in [0.05, 0.1) is 0 Å². The fraction of sp³-hybridized carbons (Fsp3) is 0.250. The van der Waals surface area contributed by atoms with Crippen LogP contribution in [-0.4, -0.2) is 0 Å². The summed E-state index contributed by atoms with van der Waals surface area (Å²) >= 11 is 0. The highest BCUT2D eigenvalue weighted by Gasteiger charge is 2.60. The van der Waals surface area contributed by atoms with Gasteiger partial charge in [0.2, 0.25) is 4.52 Å². The number of rotatable bonds is 21. The van der Waals surface area contributed by atoms with Crippen molar-refractivity contribution in [3.63, 3.8) is 0 Å². The van der Waals surface area contributed by atoms with E-state index < -0.39 is 24.7 Å². The van der Waals surface area contributed by atoms with E-state index in [0.29, 0.717) is 34.5 Å². The molecule has 6 rings (SSSR count). The van der Waals surface area contributed by atoms with Crippen LogP contribution in [0.2, 0.25) is 0 Å². The quantitative estimate of drug-likeness (QED) is 0.0723. The summed E-state index contributed by atoms with van der Waals surface area (Å²) in [6, 6.07) is 47.9. The largest absolute Gasteiger partial charge is 0.715 e. The van der Waals surface area contributed by atoms with Crippen LogP contribution in [0.4, 0.5) is 0 Å². The van der Waals surface area contributed by atoms with Gasteiger partial charge in [-0.15, -0.1) is 0 Å². The third kappa shape index (κ3) is 13.0. The molecule has 6 aromatic carbocycles. The first kappa shape index (κ1) is 43.6. The van der Waals surface area contributed by atoms with E-state index in [9.17, 15) is 0 Å². The van der Waals surface area contributed by atoms with Crippen molar-refractivity contribution >= 4 is 24.7 Å². The number of hydrogen-bond acceptors (Lipinski definition) is 8. The SMILES string of the molecule is CCc1ccc(OP(N[P+](N=[P+](Oc2ccc(CC)cc2)Oc2ccc(CC)cc2)(Oc2ccc(CC)cc2)Oc2ccc(CC)cc2)Oc2ccc(CC)cc2)cc1. The number of aryl methyl sites for hydroxylation is 6. The Labute approximate surface area is 353 Å². The monoisotopic (exact) mass is 848 g/mol. The Morgan fingerprint density at radius 1 is 0.390 bits per heavy atom. The number of nitrogens with zero attached hydrogens (tertiary/aromatic N) is 1. The third-order valence-corrected chi connectivity index (χ3v) is 15.2. The Morgan fingerprint density at radius 2 is 0.644 bits per heavy atom. The van der Waals surface area contributed by atoms with Crippen LogP contribution in [-0.2, 0) is 38.5 Å². The van der Waals surface area contributed by atoms with Crippen molar-refractivity contribution in [3.05, 3.63) is 179 Å². The van der Waals surface area contributed by atoms with Crippen LogP contribution in [0.1, 0.15) is 74.9 Å². The van der Waals surface area contributed by atoms with E-state index in [2.05, 4.69) is 70.7 Å². The molecule has 0 aromatic heterocycles. The van der Waals surface area contributed by atoms with Crippen molar-refractivity contribution in [2.75, 3.05) is 0 Å². The van der Waals surface area contributed by atoms with Crippen LogP contribution in [0.3, 0.4) is 0 Å². The van der Waals surface area contributed by atoms with Gasteiger partial charge < -0.3 is 9.05 Å². The van der Waals surface area contributed by atoms with Gasteiger partial charge in [-0.3, -0.25) is 9.05 Å². The predicted molar refractivity (Wildman–Crippen MR) is 245 cm³/mol. The van der Waals surface area contributed by atoms with E-state index in [1.807, 2.05) is 121 Å². The molecule has 8 nitrogen and oxygen atoms in total. The molecule has 11 heteroatoms. The van der Waals surface area contributed by atoms with Crippen LogP contribution < -0.4 is 32.0 Å². The minimum absolute atomic E-state index is 0.543. The second kappa shape index (κ2) is 21.9. The van der Waals surface area contributed by atoms with Crippen molar-refractivity contribution in [2.45, 2.75) is 80.1 Å². The van der Waals surface area contributed by atoms with Crippen molar-refractivity contribution in [1.82, 2.24) is 4.86 Å². The molecule has 306 valence electrons. The van der Waals surface area contributed by atoms with Crippen LogP contribution in [0, 0.1) is 0 Å². The summed E-state index contributed by atoms with van der Waals surface area (Å²) in [5.74, 6) is 3.52. The van der Waals surface area contributed by atoms with Gasteiger partial charge in [-0.05, 0) is 150 Å². The molecular formula is C48H55N2O6P3+2. The standard InChI is InChI=1S/C48H55N2O6P3/c1-7-37-13-25-43(26-14-37)51-57(52-44-27-15-38(8-2)16-28-44)49-59(55-47-33-21-41(11-5)22-34-47,56-48-35-23-42(12-6)24-36-48)50-58(53-45-29-17-39(9-3)18-30-45)54-46-31-19-40(10-4)20-32-46/h13-36,49H,7-12H2,1-6H3/q+2. The predicted octanol–water partition coefficient (Wildman–Crippen LogP) is 14.8. The Hall–Kier alpha value is -4.96. The summed E-state index contributed by atoms with van der Waals surface area (Å²) in [6.07, 6.45) is 5.37. The highest BCUT2D eigenvalue weighted by Crippen LogP contribution is 2.66. The molecule has 0 aliphatic carbocycles. The summed E-state index contributed by atoms with van der Waals surface area (Å²) in [7, 11) is -7.96. The Kier molecular flexibility index (Phi) is 16.2. The lowest BCUT2D eigenvalue weighted by molar-refractivity contribution is 0.438. The summed E-state index contributed by atoms with van der Waals surface area (Å²) in [4.78, 5) is 3.59. The summed E-state index contributed by atoms with van der Waals surface area (Å²) < 4.78 is 46.2. The van der Waals surface area contributed by atoms with Crippen LogP contribution in [0.15, 0.2) is 150 Å². The van der Waals surface area contributed by atoms with Crippen molar-refractivity contribution in [2.24, 2.45) is 4.52 Å². The highest BCUT2D eigenvalue weighted by molar-refractivity contribution is 7.75. The lowest BCUT2D eigenvalue weighted by atomic mass is 10.2. The molecule has 59 heavy (non-hydrogen) atoms. The molecule has 0 aliphatic rings. The molecule has 0 unspecified atom stereocenters. The third-order valence-electron chi connectivity index (χ3n) is 9.59. The number of nitrogens with one attached hydrogen (secondary N) is 1. The minimum atomic E-state index is -3.78. The summed E-state index contributed by atoms with van der Waals surface area (Å²) in [5.41, 5.74) is 7.10. The van der Waals surface area contributed by atoms with E-state index in [1.54, 1.807) is 0 Å². The van der Waals surface area contributed by atoms with Crippen molar-refractivity contribution in [1.29, 1.82) is 0 Å². The van der Waals surface area contributed by atoms with E-state index in [0.717, 1.165) is 38.5 Å². The van der Waals surface area contributed by atoms with Crippen molar-refractivity contribution < 1.29 is 27.1 Å². The fourth-order valence-corrected chi connectivity index (χ4v) is 11.3. The van der Waals surface area contributed by atoms with Gasteiger partial charge in [-0.25, -0.2) is 9.05 Å². The Morgan fingerprint density at radius 3 is 0.915 bits per heavy atom.